The molecule has 0 atom stereocenters. The van der Waals surface area contributed by atoms with Gasteiger partial charge >= 0.3 is 0 Å². The molecule has 2 aliphatic heterocycles. The Bertz CT molecular complexity index is 792. The molecule has 7 nitrogen and oxygen atoms in total. The summed E-state index contributed by atoms with van der Waals surface area (Å²) in [5.74, 6) is 0.361. The molecule has 3 rings (SSSR count). The Labute approximate surface area is 159 Å². The lowest BCUT2D eigenvalue weighted by Crippen LogP contribution is -2.29. The number of thiocarbonyl (C=S) groups is 1. The fraction of sp³-hybridized carbons (Fsp3) is 0.353. The van der Waals surface area contributed by atoms with Crippen LogP contribution in [0.3, 0.4) is 0 Å². The molecule has 1 saturated heterocycles. The van der Waals surface area contributed by atoms with Crippen LogP contribution in [-0.4, -0.2) is 41.5 Å². The molecule has 0 unspecified atom stereocenters. The van der Waals surface area contributed by atoms with Crippen LogP contribution in [0.25, 0.3) is 6.08 Å². The van der Waals surface area contributed by atoms with Crippen LogP contribution in [0.1, 0.15) is 24.8 Å². The predicted molar refractivity (Wildman–Crippen MR) is 97.9 cm³/mol. The minimum atomic E-state index is -1.09. The van der Waals surface area contributed by atoms with Gasteiger partial charge in [-0.2, -0.15) is 0 Å². The molecule has 0 aromatic heterocycles. The first-order valence-corrected chi connectivity index (χ1v) is 9.15. The second-order valence-electron chi connectivity index (χ2n) is 5.62. The van der Waals surface area contributed by atoms with E-state index in [1.165, 1.54) is 23.8 Å². The lowest BCUT2D eigenvalue weighted by atomic mass is 10.1. The highest BCUT2D eigenvalue weighted by molar-refractivity contribution is 8.26. The van der Waals surface area contributed by atoms with Crippen molar-refractivity contribution in [3.05, 3.63) is 22.6 Å². The van der Waals surface area contributed by atoms with E-state index in [4.69, 9.17) is 26.4 Å². The number of methoxy groups -OCH3 is 1. The molecule has 1 aromatic rings. The Balaban J connectivity index is 1.73. The lowest BCUT2D eigenvalue weighted by molar-refractivity contribution is -0.305. The van der Waals surface area contributed by atoms with Gasteiger partial charge in [0.2, 0.25) is 12.5 Å². The number of ether oxygens (including phenoxy) is 3. The molecule has 0 bridgehead atoms. The molecule has 0 radical (unpaired) electrons. The second kappa shape index (κ2) is 7.96. The van der Waals surface area contributed by atoms with Gasteiger partial charge in [-0.3, -0.25) is 9.69 Å². The Hall–Kier alpha value is -2.26. The van der Waals surface area contributed by atoms with Gasteiger partial charge in [-0.1, -0.05) is 24.0 Å². The number of nitrogens with zero attached hydrogens (tertiary/aromatic N) is 1. The van der Waals surface area contributed by atoms with E-state index in [1.807, 2.05) is 0 Å². The summed E-state index contributed by atoms with van der Waals surface area (Å²) in [4.78, 5) is 25.0. The van der Waals surface area contributed by atoms with E-state index in [0.29, 0.717) is 45.9 Å². The molecular formula is C17H16NO6S2-. The minimum Gasteiger partial charge on any atom is -0.550 e. The highest BCUT2D eigenvalue weighted by Gasteiger charge is 2.31. The number of carboxylic acids is 1. The molecule has 0 aliphatic carbocycles. The third-order valence-corrected chi connectivity index (χ3v) is 5.24. The van der Waals surface area contributed by atoms with E-state index in [-0.39, 0.29) is 19.1 Å². The van der Waals surface area contributed by atoms with Crippen molar-refractivity contribution in [1.82, 2.24) is 4.90 Å². The minimum absolute atomic E-state index is 0.0262. The summed E-state index contributed by atoms with van der Waals surface area (Å²) in [5, 5.41) is 10.5. The Morgan fingerprint density at radius 3 is 2.96 bits per heavy atom. The van der Waals surface area contributed by atoms with Gasteiger partial charge < -0.3 is 24.1 Å². The van der Waals surface area contributed by atoms with Crippen LogP contribution >= 0.6 is 24.0 Å². The van der Waals surface area contributed by atoms with Crippen molar-refractivity contribution in [2.24, 2.45) is 0 Å². The Morgan fingerprint density at radius 1 is 1.42 bits per heavy atom. The average Bonchev–Trinajstić information content (AvgIpc) is 3.17. The third-order valence-electron chi connectivity index (χ3n) is 3.86. The fourth-order valence-electron chi connectivity index (χ4n) is 2.62. The highest BCUT2D eigenvalue weighted by atomic mass is 32.2. The largest absolute Gasteiger partial charge is 0.550 e. The van der Waals surface area contributed by atoms with Crippen molar-refractivity contribution < 1.29 is 28.9 Å². The number of carbonyl (C=O) groups excluding carboxylic acids is 2. The SMILES string of the molecule is COc1cc(/C=C2\SC(=S)N(CCCCC(=O)[O-])C2=O)cc2c1OCO2. The van der Waals surface area contributed by atoms with Gasteiger partial charge in [0.05, 0.1) is 12.0 Å². The van der Waals surface area contributed by atoms with Crippen molar-refractivity contribution in [3.8, 4) is 17.2 Å². The summed E-state index contributed by atoms with van der Waals surface area (Å²) < 4.78 is 16.5. The number of fused-ring (bicyclic) bond motifs is 1. The number of aliphatic carboxylic acids is 1. The van der Waals surface area contributed by atoms with Crippen LogP contribution in [-0.2, 0) is 9.59 Å². The molecule has 1 fully saturated rings. The summed E-state index contributed by atoms with van der Waals surface area (Å²) in [6.45, 7) is 0.517. The summed E-state index contributed by atoms with van der Waals surface area (Å²) in [6, 6.07) is 3.54. The highest BCUT2D eigenvalue weighted by Crippen LogP contribution is 2.43. The van der Waals surface area contributed by atoms with E-state index in [2.05, 4.69) is 0 Å². The topological polar surface area (TPSA) is 88.1 Å². The van der Waals surface area contributed by atoms with Crippen LogP contribution in [0.15, 0.2) is 17.0 Å². The summed E-state index contributed by atoms with van der Waals surface area (Å²) in [6.07, 6.45) is 2.69. The zero-order valence-electron chi connectivity index (χ0n) is 14.0. The maximum atomic E-state index is 12.6. The number of rotatable bonds is 7. The summed E-state index contributed by atoms with van der Waals surface area (Å²) in [5.41, 5.74) is 0.739. The molecule has 9 heteroatoms. The molecule has 0 spiro atoms. The van der Waals surface area contributed by atoms with E-state index in [9.17, 15) is 14.7 Å². The zero-order chi connectivity index (χ0) is 18.7. The number of carbonyl (C=O) groups is 2. The molecular weight excluding hydrogens is 378 g/mol. The van der Waals surface area contributed by atoms with Crippen LogP contribution in [0.5, 0.6) is 17.2 Å². The van der Waals surface area contributed by atoms with Crippen molar-refractivity contribution >= 4 is 46.3 Å². The van der Waals surface area contributed by atoms with Gasteiger partial charge in [-0.05, 0) is 43.0 Å². The lowest BCUT2D eigenvalue weighted by Gasteiger charge is -2.14. The zero-order valence-corrected chi connectivity index (χ0v) is 15.6. The van der Waals surface area contributed by atoms with Crippen LogP contribution in [0, 0.1) is 0 Å². The maximum absolute atomic E-state index is 12.6. The smallest absolute Gasteiger partial charge is 0.266 e. The quantitative estimate of drug-likeness (QED) is 0.391. The van der Waals surface area contributed by atoms with E-state index >= 15 is 0 Å². The standard InChI is InChI=1S/C17H17NO6S2/c1-22-11-6-10(7-12-15(11)24-9-23-12)8-13-16(21)18(17(25)26-13)5-3-2-4-14(19)20/h6-8H,2-5,9H2,1H3,(H,19,20)/p-1/b13-8-. The summed E-state index contributed by atoms with van der Waals surface area (Å²) in [7, 11) is 1.53. The van der Waals surface area contributed by atoms with Gasteiger partial charge in [0, 0.05) is 12.5 Å². The van der Waals surface area contributed by atoms with Gasteiger partial charge in [-0.15, -0.1) is 0 Å². The third kappa shape index (κ3) is 3.94. The predicted octanol–water partition coefficient (Wildman–Crippen LogP) is 1.55. The average molecular weight is 394 g/mol. The van der Waals surface area contributed by atoms with E-state index < -0.39 is 5.97 Å². The van der Waals surface area contributed by atoms with Gasteiger partial charge in [0.25, 0.3) is 5.91 Å². The van der Waals surface area contributed by atoms with Crippen molar-refractivity contribution in [2.45, 2.75) is 19.3 Å². The second-order valence-corrected chi connectivity index (χ2v) is 7.30. The van der Waals surface area contributed by atoms with E-state index in [0.717, 1.165) is 5.56 Å². The number of hydrogen-bond acceptors (Lipinski definition) is 8. The van der Waals surface area contributed by atoms with E-state index in [1.54, 1.807) is 18.2 Å². The van der Waals surface area contributed by atoms with Crippen LogP contribution in [0.2, 0.25) is 0 Å². The number of amides is 1. The molecule has 26 heavy (non-hydrogen) atoms. The number of hydrogen-bond donors (Lipinski definition) is 0. The number of carboxylic acid groups (broad SMARTS) is 1. The molecule has 1 amide bonds. The van der Waals surface area contributed by atoms with Crippen molar-refractivity contribution in [2.75, 3.05) is 20.4 Å². The van der Waals surface area contributed by atoms with Gasteiger partial charge in [-0.25, -0.2) is 0 Å². The first-order valence-electron chi connectivity index (χ1n) is 7.92. The molecule has 0 saturated carbocycles. The van der Waals surface area contributed by atoms with Gasteiger partial charge in [0.1, 0.15) is 4.32 Å². The maximum Gasteiger partial charge on any atom is 0.266 e. The number of thioether (sulfide) groups is 1. The molecule has 1 aromatic carbocycles. The molecule has 2 aliphatic rings. The Kier molecular flexibility index (Phi) is 5.67. The molecule has 0 N–H and O–H groups in total. The normalized spacial score (nSPS) is 17.3. The molecule has 138 valence electrons. The Morgan fingerprint density at radius 2 is 2.23 bits per heavy atom. The van der Waals surface area contributed by atoms with Gasteiger partial charge in [0.15, 0.2) is 11.5 Å². The van der Waals surface area contributed by atoms with Crippen molar-refractivity contribution in [3.63, 3.8) is 0 Å². The fourth-order valence-corrected chi connectivity index (χ4v) is 3.93. The summed E-state index contributed by atoms with van der Waals surface area (Å²) >= 11 is 6.48. The molecule has 2 heterocycles. The monoisotopic (exact) mass is 394 g/mol. The first-order chi connectivity index (χ1) is 12.5. The van der Waals surface area contributed by atoms with Crippen molar-refractivity contribution in [1.29, 1.82) is 0 Å². The first kappa shape index (κ1) is 18.5. The van der Waals surface area contributed by atoms with Crippen LogP contribution in [0.4, 0.5) is 0 Å². The van der Waals surface area contributed by atoms with Crippen LogP contribution < -0.4 is 19.3 Å². The number of benzene rings is 1. The number of unbranched alkanes of at least 4 members (excludes halogenated alkanes) is 1.